The maximum atomic E-state index is 12.6. The lowest BCUT2D eigenvalue weighted by atomic mass is 11.6. The van der Waals surface area contributed by atoms with Crippen molar-refractivity contribution in [3.8, 4) is 0 Å². The van der Waals surface area contributed by atoms with Crippen LogP contribution in [0.1, 0.15) is 0 Å². The maximum Gasteiger partial charge on any atom is 0.444 e. The topological polar surface area (TPSA) is 141 Å². The lowest BCUT2D eigenvalue weighted by molar-refractivity contribution is 0.107. The van der Waals surface area contributed by atoms with E-state index < -0.39 is 28.2 Å². The predicted molar refractivity (Wildman–Crippen MR) is 43.7 cm³/mol. The highest BCUT2D eigenvalue weighted by Crippen LogP contribution is 2.76. The van der Waals surface area contributed by atoms with Crippen LogP contribution in [0.2, 0.25) is 0 Å². The van der Waals surface area contributed by atoms with Gasteiger partial charge in [-0.15, -0.1) is 0 Å². The first-order valence-electron chi connectivity index (χ1n) is 2.99. The van der Waals surface area contributed by atoms with Gasteiger partial charge in [-0.3, -0.25) is 13.7 Å². The van der Waals surface area contributed by atoms with Gasteiger partial charge in [0.25, 0.3) is 0 Å². The van der Waals surface area contributed by atoms with Crippen molar-refractivity contribution in [2.45, 2.75) is 5.40 Å². The summed E-state index contributed by atoms with van der Waals surface area (Å²) in [6.45, 7) is 0.311. The first-order valence-corrected chi connectivity index (χ1v) is 8.20. The highest BCUT2D eigenvalue weighted by Gasteiger charge is 2.66. The summed E-state index contributed by atoms with van der Waals surface area (Å²) >= 11 is 0. The molecule has 0 aromatic heterocycles. The molecule has 8 nitrogen and oxygen atoms in total. The van der Waals surface area contributed by atoms with E-state index in [1.807, 2.05) is 0 Å². The van der Waals surface area contributed by atoms with Crippen molar-refractivity contribution in [3.63, 3.8) is 0 Å². The highest BCUT2D eigenvalue weighted by atomic mass is 31.3. The molecule has 0 aliphatic rings. The van der Waals surface area contributed by atoms with Crippen molar-refractivity contribution < 1.29 is 46.4 Å². The van der Waals surface area contributed by atoms with Crippen molar-refractivity contribution >= 4 is 22.8 Å². The fourth-order valence-corrected chi connectivity index (χ4v) is 4.10. The maximum absolute atomic E-state index is 12.6. The minimum Gasteiger partial charge on any atom is -0.324 e. The zero-order chi connectivity index (χ0) is 12.7. The van der Waals surface area contributed by atoms with Crippen LogP contribution in [0.3, 0.4) is 0 Å². The van der Waals surface area contributed by atoms with E-state index in [0.29, 0.717) is 6.66 Å². The van der Waals surface area contributed by atoms with Crippen molar-refractivity contribution in [3.05, 3.63) is 0 Å². The Kier molecular flexibility index (Phi) is 4.07. The molecule has 0 saturated heterocycles. The monoisotopic (exact) mass is 290 g/mol. The zero-order valence-corrected chi connectivity index (χ0v) is 9.70. The van der Waals surface area contributed by atoms with Crippen LogP contribution in [-0.2, 0) is 18.0 Å². The van der Waals surface area contributed by atoms with Gasteiger partial charge >= 0.3 is 28.2 Å². The second kappa shape index (κ2) is 3.98. The van der Waals surface area contributed by atoms with Crippen LogP contribution in [0.5, 0.6) is 0 Å². The molecule has 0 aromatic rings. The van der Waals surface area contributed by atoms with Crippen LogP contribution < -0.4 is 0 Å². The Labute approximate surface area is 82.1 Å². The van der Waals surface area contributed by atoms with E-state index in [1.54, 1.807) is 0 Å². The average molecular weight is 290 g/mol. The quantitative estimate of drug-likeness (QED) is 0.555. The van der Waals surface area contributed by atoms with E-state index in [4.69, 9.17) is 19.6 Å². The van der Waals surface area contributed by atoms with Crippen LogP contribution in [-0.4, -0.2) is 31.6 Å². The zero-order valence-electron chi connectivity index (χ0n) is 7.02. The molecule has 13 heteroatoms. The molecule has 0 aliphatic heterocycles. The van der Waals surface area contributed by atoms with Gasteiger partial charge in [0.05, 0.1) is 0 Å². The third kappa shape index (κ3) is 3.69. The molecule has 0 spiro atoms. The third-order valence-corrected chi connectivity index (χ3v) is 5.97. The Bertz CT molecular complexity index is 377. The predicted octanol–water partition coefficient (Wildman–Crippen LogP) is 0.732. The number of hydrogen-bond acceptors (Lipinski definition) is 4. The van der Waals surface area contributed by atoms with Gasteiger partial charge in [-0.25, -0.2) is 4.31 Å². The molecule has 0 bridgehead atoms. The minimum absolute atomic E-state index is 0.311. The first kappa shape index (κ1) is 15.3. The molecule has 0 radical (unpaired) electrons. The number of alkyl halides is 2. The van der Waals surface area contributed by atoms with E-state index in [-0.39, 0.29) is 0 Å². The van der Waals surface area contributed by atoms with Crippen LogP contribution in [0.4, 0.5) is 8.78 Å². The van der Waals surface area contributed by atoms with Gasteiger partial charge < -0.3 is 19.6 Å². The van der Waals surface area contributed by atoms with Crippen molar-refractivity contribution in [1.29, 1.82) is 0 Å². The molecule has 0 amide bonds. The van der Waals surface area contributed by atoms with Crippen molar-refractivity contribution in [2.75, 3.05) is 6.66 Å². The third-order valence-electron chi connectivity index (χ3n) is 0.953. The number of hydrogen-bond donors (Lipinski definition) is 4. The Hall–Kier alpha value is 0.350. The Morgan fingerprint density at radius 1 is 1.07 bits per heavy atom. The summed E-state index contributed by atoms with van der Waals surface area (Å²) in [6.07, 6.45) is 0. The molecule has 4 N–H and O–H groups in total. The molecule has 0 heterocycles. The second-order valence-electron chi connectivity index (χ2n) is 2.46. The number of rotatable bonds is 4. The Balaban J connectivity index is 5.32. The molecule has 0 aliphatic carbocycles. The summed E-state index contributed by atoms with van der Waals surface area (Å²) in [5.74, 6) is 0. The molecule has 2 unspecified atom stereocenters. The van der Waals surface area contributed by atoms with Gasteiger partial charge in [0.2, 0.25) is 0 Å². The highest BCUT2D eigenvalue weighted by molar-refractivity contribution is 7.76. The molecule has 0 aromatic carbocycles. The minimum atomic E-state index is -6.28. The lowest BCUT2D eigenvalue weighted by Gasteiger charge is -2.22. The van der Waals surface area contributed by atoms with Crippen LogP contribution >= 0.6 is 22.8 Å². The summed E-state index contributed by atoms with van der Waals surface area (Å²) < 4.78 is 59.6. The van der Waals surface area contributed by atoms with Gasteiger partial charge in [-0.2, -0.15) is 8.78 Å². The summed E-state index contributed by atoms with van der Waals surface area (Å²) in [5, 5.41) is -5.44. The summed E-state index contributed by atoms with van der Waals surface area (Å²) in [4.78, 5) is 33.0. The summed E-state index contributed by atoms with van der Waals surface area (Å²) in [7, 11) is -17.3. The second-order valence-corrected chi connectivity index (χ2v) is 8.32. The van der Waals surface area contributed by atoms with E-state index in [2.05, 4.69) is 4.31 Å². The largest absolute Gasteiger partial charge is 0.444 e. The SMILES string of the molecule is CP(=O)(O)OP(=O)(O)C(F)(F)P(=O)(O)O. The molecular weight excluding hydrogens is 283 g/mol. The summed E-state index contributed by atoms with van der Waals surface area (Å²) in [6, 6.07) is 0. The first-order chi connectivity index (χ1) is 6.21. The van der Waals surface area contributed by atoms with Gasteiger partial charge in [-0.05, 0) is 0 Å². The van der Waals surface area contributed by atoms with Crippen LogP contribution in [0.25, 0.3) is 0 Å². The molecule has 0 saturated carbocycles. The Morgan fingerprint density at radius 3 is 1.60 bits per heavy atom. The molecule has 15 heavy (non-hydrogen) atoms. The molecule has 2 atom stereocenters. The van der Waals surface area contributed by atoms with Gasteiger partial charge in [0.1, 0.15) is 0 Å². The number of halogens is 2. The molecular formula is C2H7F2O8P3. The van der Waals surface area contributed by atoms with E-state index in [1.165, 1.54) is 0 Å². The molecule has 92 valence electrons. The van der Waals surface area contributed by atoms with E-state index in [9.17, 15) is 22.5 Å². The normalized spacial score (nSPS) is 21.8. The summed E-state index contributed by atoms with van der Waals surface area (Å²) in [5.41, 5.74) is 0. The van der Waals surface area contributed by atoms with Crippen molar-refractivity contribution in [1.82, 2.24) is 0 Å². The lowest BCUT2D eigenvalue weighted by Crippen LogP contribution is -2.17. The van der Waals surface area contributed by atoms with Crippen molar-refractivity contribution in [2.24, 2.45) is 0 Å². The van der Waals surface area contributed by atoms with Gasteiger partial charge in [0.15, 0.2) is 0 Å². The smallest absolute Gasteiger partial charge is 0.324 e. The molecule has 0 rings (SSSR count). The van der Waals surface area contributed by atoms with E-state index in [0.717, 1.165) is 0 Å². The van der Waals surface area contributed by atoms with E-state index >= 15 is 0 Å². The van der Waals surface area contributed by atoms with Gasteiger partial charge in [-0.1, -0.05) is 0 Å². The fourth-order valence-electron chi connectivity index (χ4n) is 0.419. The van der Waals surface area contributed by atoms with Crippen LogP contribution in [0, 0.1) is 0 Å². The fraction of sp³-hybridized carbons (Fsp3) is 1.00. The standard InChI is InChI=1S/C2H7F2O8P3/c1-13(5,6)12-15(10,11)2(3,4)14(7,8)9/h1H3,(H,5,6)(H,10,11)(H2,7,8,9). The average Bonchev–Trinajstić information content (AvgIpc) is 1.77. The van der Waals surface area contributed by atoms with Crippen LogP contribution in [0.15, 0.2) is 0 Å². The van der Waals surface area contributed by atoms with Gasteiger partial charge in [0, 0.05) is 6.66 Å². The molecule has 0 fully saturated rings. The Morgan fingerprint density at radius 2 is 1.40 bits per heavy atom.